The van der Waals surface area contributed by atoms with Crippen LogP contribution in [0.2, 0.25) is 0 Å². The minimum atomic E-state index is 0.0170. The number of hydrogen-bond acceptors (Lipinski definition) is 6. The van der Waals surface area contributed by atoms with Crippen LogP contribution in [0.1, 0.15) is 32.1 Å². The fraction of sp³-hybridized carbons (Fsp3) is 0.385. The molecule has 102 valence electrons. The highest BCUT2D eigenvalue weighted by atomic mass is 16.3. The van der Waals surface area contributed by atoms with Gasteiger partial charge in [0.1, 0.15) is 17.4 Å². The molecule has 0 saturated carbocycles. The summed E-state index contributed by atoms with van der Waals surface area (Å²) in [5, 5.41) is 6.43. The molecule has 2 aromatic heterocycles. The minimum Gasteiger partial charge on any atom is -0.467 e. The molecule has 1 unspecified atom stereocenters. The van der Waals surface area contributed by atoms with Crippen LogP contribution in [0, 0.1) is 0 Å². The third kappa shape index (κ3) is 3.61. The summed E-state index contributed by atoms with van der Waals surface area (Å²) in [5.41, 5.74) is 5.70. The zero-order valence-electron chi connectivity index (χ0n) is 11.2. The molecule has 0 aliphatic heterocycles. The molecule has 4 N–H and O–H groups in total. The van der Waals surface area contributed by atoms with Crippen molar-refractivity contribution in [3.05, 3.63) is 30.2 Å². The first-order chi connectivity index (χ1) is 9.19. The lowest BCUT2D eigenvalue weighted by Crippen LogP contribution is -2.11. The van der Waals surface area contributed by atoms with E-state index in [1.165, 1.54) is 0 Å². The topological polar surface area (TPSA) is 89.0 Å². The fourth-order valence-electron chi connectivity index (χ4n) is 1.71. The minimum absolute atomic E-state index is 0.0170. The Bertz CT molecular complexity index is 512. The Balaban J connectivity index is 2.09. The Morgan fingerprint density at radius 1 is 1.37 bits per heavy atom. The first-order valence-corrected chi connectivity index (χ1v) is 6.37. The van der Waals surface area contributed by atoms with Gasteiger partial charge in [-0.25, -0.2) is 0 Å². The number of aromatic nitrogens is 2. The SMILES string of the molecule is CCCNc1cc(NC(C)c2ccco2)nc(N)n1. The van der Waals surface area contributed by atoms with E-state index in [0.29, 0.717) is 5.82 Å². The smallest absolute Gasteiger partial charge is 0.223 e. The Kier molecular flexibility index (Phi) is 4.22. The summed E-state index contributed by atoms with van der Waals surface area (Å²) in [7, 11) is 0. The number of nitrogens with zero attached hydrogens (tertiary/aromatic N) is 2. The quantitative estimate of drug-likeness (QED) is 0.740. The van der Waals surface area contributed by atoms with Crippen molar-refractivity contribution in [1.82, 2.24) is 9.97 Å². The average Bonchev–Trinajstić information content (AvgIpc) is 2.89. The van der Waals surface area contributed by atoms with Gasteiger partial charge in [0.2, 0.25) is 5.95 Å². The van der Waals surface area contributed by atoms with Crippen LogP contribution >= 0.6 is 0 Å². The van der Waals surface area contributed by atoms with Crippen LogP contribution in [0.5, 0.6) is 0 Å². The molecule has 0 aliphatic rings. The highest BCUT2D eigenvalue weighted by Crippen LogP contribution is 2.20. The van der Waals surface area contributed by atoms with Gasteiger partial charge in [0.05, 0.1) is 12.3 Å². The standard InChI is InChI=1S/C13H19N5O/c1-3-6-15-11-8-12(18-13(14)17-11)16-9(2)10-5-4-7-19-10/h4-5,7-9H,3,6H2,1-2H3,(H4,14,15,16,17,18). The van der Waals surface area contributed by atoms with E-state index in [0.717, 1.165) is 24.5 Å². The lowest BCUT2D eigenvalue weighted by Gasteiger charge is -2.13. The van der Waals surface area contributed by atoms with E-state index in [1.807, 2.05) is 25.1 Å². The molecule has 0 aromatic carbocycles. The highest BCUT2D eigenvalue weighted by Gasteiger charge is 2.10. The van der Waals surface area contributed by atoms with Gasteiger partial charge in [-0.1, -0.05) is 6.92 Å². The largest absolute Gasteiger partial charge is 0.467 e. The van der Waals surface area contributed by atoms with Crippen LogP contribution in [-0.4, -0.2) is 16.5 Å². The Labute approximate surface area is 112 Å². The summed E-state index contributed by atoms with van der Waals surface area (Å²) in [4.78, 5) is 8.30. The maximum Gasteiger partial charge on any atom is 0.223 e. The van der Waals surface area contributed by atoms with Crippen molar-refractivity contribution in [2.24, 2.45) is 0 Å². The summed E-state index contributed by atoms with van der Waals surface area (Å²) in [6.07, 6.45) is 2.67. The second-order valence-electron chi connectivity index (χ2n) is 4.30. The van der Waals surface area contributed by atoms with Gasteiger partial charge in [-0.15, -0.1) is 0 Å². The predicted molar refractivity (Wildman–Crippen MR) is 76.0 cm³/mol. The van der Waals surface area contributed by atoms with E-state index in [9.17, 15) is 0 Å². The predicted octanol–water partition coefficient (Wildman–Crippen LogP) is 2.65. The summed E-state index contributed by atoms with van der Waals surface area (Å²) < 4.78 is 5.34. The molecule has 19 heavy (non-hydrogen) atoms. The highest BCUT2D eigenvalue weighted by molar-refractivity contribution is 5.51. The molecule has 2 rings (SSSR count). The average molecular weight is 261 g/mol. The first kappa shape index (κ1) is 13.2. The van der Waals surface area contributed by atoms with Crippen LogP contribution in [0.3, 0.4) is 0 Å². The molecule has 2 aromatic rings. The van der Waals surface area contributed by atoms with E-state index in [-0.39, 0.29) is 12.0 Å². The maximum absolute atomic E-state index is 5.70. The third-order valence-electron chi connectivity index (χ3n) is 2.63. The van der Waals surface area contributed by atoms with E-state index in [4.69, 9.17) is 10.2 Å². The second kappa shape index (κ2) is 6.08. The van der Waals surface area contributed by atoms with Crippen molar-refractivity contribution in [1.29, 1.82) is 0 Å². The van der Waals surface area contributed by atoms with E-state index in [2.05, 4.69) is 27.5 Å². The van der Waals surface area contributed by atoms with Crippen LogP contribution < -0.4 is 16.4 Å². The fourth-order valence-corrected chi connectivity index (χ4v) is 1.71. The number of anilines is 3. The van der Waals surface area contributed by atoms with Crippen molar-refractivity contribution in [3.63, 3.8) is 0 Å². The lowest BCUT2D eigenvalue weighted by atomic mass is 10.2. The summed E-state index contributed by atoms with van der Waals surface area (Å²) in [6, 6.07) is 5.63. The number of nitrogens with one attached hydrogen (secondary N) is 2. The number of furan rings is 1. The zero-order chi connectivity index (χ0) is 13.7. The monoisotopic (exact) mass is 261 g/mol. The zero-order valence-corrected chi connectivity index (χ0v) is 11.2. The Morgan fingerprint density at radius 2 is 2.16 bits per heavy atom. The number of nitrogens with two attached hydrogens (primary N) is 1. The molecule has 6 heteroatoms. The van der Waals surface area contributed by atoms with Gasteiger partial charge in [-0.2, -0.15) is 9.97 Å². The molecule has 0 bridgehead atoms. The molecular formula is C13H19N5O. The van der Waals surface area contributed by atoms with Gasteiger partial charge in [0, 0.05) is 12.6 Å². The van der Waals surface area contributed by atoms with Gasteiger partial charge < -0.3 is 20.8 Å². The van der Waals surface area contributed by atoms with Crippen LogP contribution in [0.4, 0.5) is 17.6 Å². The van der Waals surface area contributed by atoms with E-state index in [1.54, 1.807) is 6.26 Å². The van der Waals surface area contributed by atoms with Crippen molar-refractivity contribution in [2.45, 2.75) is 26.3 Å². The van der Waals surface area contributed by atoms with Crippen molar-refractivity contribution in [2.75, 3.05) is 22.9 Å². The van der Waals surface area contributed by atoms with Gasteiger partial charge in [0.15, 0.2) is 0 Å². The maximum atomic E-state index is 5.70. The van der Waals surface area contributed by atoms with Crippen LogP contribution in [-0.2, 0) is 0 Å². The molecule has 6 nitrogen and oxygen atoms in total. The van der Waals surface area contributed by atoms with Gasteiger partial charge in [0.25, 0.3) is 0 Å². The third-order valence-corrected chi connectivity index (χ3v) is 2.63. The molecule has 0 aliphatic carbocycles. The van der Waals surface area contributed by atoms with Crippen molar-refractivity contribution >= 4 is 17.6 Å². The molecule has 1 atom stereocenters. The second-order valence-corrected chi connectivity index (χ2v) is 4.30. The Hall–Kier alpha value is -2.24. The molecule has 0 amide bonds. The molecule has 0 fully saturated rings. The molecular weight excluding hydrogens is 242 g/mol. The van der Waals surface area contributed by atoms with Crippen LogP contribution in [0.15, 0.2) is 28.9 Å². The van der Waals surface area contributed by atoms with Gasteiger partial charge >= 0.3 is 0 Å². The molecule has 0 saturated heterocycles. The van der Waals surface area contributed by atoms with Crippen molar-refractivity contribution in [3.8, 4) is 0 Å². The molecule has 0 radical (unpaired) electrons. The summed E-state index contributed by atoms with van der Waals surface area (Å²) in [5.74, 6) is 2.49. The van der Waals surface area contributed by atoms with Gasteiger partial charge in [-0.05, 0) is 25.5 Å². The van der Waals surface area contributed by atoms with E-state index < -0.39 is 0 Å². The molecule has 0 spiro atoms. The van der Waals surface area contributed by atoms with Gasteiger partial charge in [-0.3, -0.25) is 0 Å². The first-order valence-electron chi connectivity index (χ1n) is 6.37. The van der Waals surface area contributed by atoms with E-state index >= 15 is 0 Å². The number of nitrogen functional groups attached to an aromatic ring is 1. The Morgan fingerprint density at radius 3 is 2.84 bits per heavy atom. The van der Waals surface area contributed by atoms with Crippen molar-refractivity contribution < 1.29 is 4.42 Å². The number of rotatable bonds is 6. The normalized spacial score (nSPS) is 12.1. The number of hydrogen-bond donors (Lipinski definition) is 3. The van der Waals surface area contributed by atoms with Crippen LogP contribution in [0.25, 0.3) is 0 Å². The summed E-state index contributed by atoms with van der Waals surface area (Å²) >= 11 is 0. The lowest BCUT2D eigenvalue weighted by molar-refractivity contribution is 0.490. The summed E-state index contributed by atoms with van der Waals surface area (Å²) in [6.45, 7) is 4.94. The molecule has 2 heterocycles.